The molecule has 0 fully saturated rings. The lowest BCUT2D eigenvalue weighted by molar-refractivity contribution is 0.525. The normalized spacial score (nSPS) is 11.2. The Hall–Kier alpha value is -1.08. The predicted octanol–water partition coefficient (Wildman–Crippen LogP) is 6.70. The van der Waals surface area contributed by atoms with E-state index in [1.165, 1.54) is 0 Å². The summed E-state index contributed by atoms with van der Waals surface area (Å²) in [4.78, 5) is 4.67. The second kappa shape index (κ2) is 9.77. The molecular weight excluding hydrogens is 266 g/mol. The summed E-state index contributed by atoms with van der Waals surface area (Å²) in [5.74, 6) is 1.08. The van der Waals surface area contributed by atoms with E-state index in [1.54, 1.807) is 0 Å². The lowest BCUT2D eigenvalue weighted by atomic mass is 9.94. The summed E-state index contributed by atoms with van der Waals surface area (Å²) < 4.78 is 0. The number of halogens is 1. The molecule has 0 aliphatic rings. The molecular formula is C18H28ClN. The number of pyridine rings is 1. The molecule has 1 unspecified atom stereocenters. The molecule has 2 aromatic rings. The molecule has 0 N–H and O–H groups in total. The summed E-state index contributed by atoms with van der Waals surface area (Å²) in [6.45, 7) is 14.6. The maximum Gasteiger partial charge on any atom is 0.0720 e. The van der Waals surface area contributed by atoms with E-state index in [0.29, 0.717) is 11.8 Å². The molecule has 0 bridgehead atoms. The monoisotopic (exact) mass is 293 g/mol. The topological polar surface area (TPSA) is 12.9 Å². The zero-order valence-electron chi connectivity index (χ0n) is 13.9. The van der Waals surface area contributed by atoms with Crippen molar-refractivity contribution in [1.82, 2.24) is 4.98 Å². The lowest BCUT2D eigenvalue weighted by Gasteiger charge is -2.15. The number of nitrogens with zero attached hydrogens (tertiary/aromatic N) is 1. The van der Waals surface area contributed by atoms with Crippen LogP contribution in [-0.4, -0.2) is 4.98 Å². The third-order valence-corrected chi connectivity index (χ3v) is 3.50. The molecule has 20 heavy (non-hydrogen) atoms. The number of hydrogen-bond donors (Lipinski definition) is 0. The van der Waals surface area contributed by atoms with Gasteiger partial charge in [0.15, 0.2) is 0 Å². The highest BCUT2D eigenvalue weighted by Crippen LogP contribution is 2.27. The fourth-order valence-corrected chi connectivity index (χ4v) is 1.96. The number of fused-ring (bicyclic) bond motifs is 1. The second-order valence-electron chi connectivity index (χ2n) is 4.58. The number of rotatable bonds is 2. The molecule has 0 aliphatic heterocycles. The zero-order chi connectivity index (χ0) is 15.7. The summed E-state index contributed by atoms with van der Waals surface area (Å²) >= 11 is 6.11. The molecule has 0 radical (unpaired) electrons. The first kappa shape index (κ1) is 18.9. The second-order valence-corrected chi connectivity index (χ2v) is 4.98. The van der Waals surface area contributed by atoms with Crippen LogP contribution in [0.3, 0.4) is 0 Å². The molecule has 0 saturated carbocycles. The molecule has 1 heterocycles. The number of benzene rings is 1. The van der Waals surface area contributed by atoms with Gasteiger partial charge in [0.25, 0.3) is 0 Å². The molecule has 0 amide bonds. The maximum absolute atomic E-state index is 6.11. The number of hydrogen-bond acceptors (Lipinski definition) is 1. The van der Waals surface area contributed by atoms with Gasteiger partial charge in [0, 0.05) is 22.0 Å². The van der Waals surface area contributed by atoms with E-state index in [2.05, 4.69) is 37.9 Å². The smallest absolute Gasteiger partial charge is 0.0720 e. The van der Waals surface area contributed by atoms with Gasteiger partial charge in [-0.3, -0.25) is 4.98 Å². The highest BCUT2D eigenvalue weighted by Gasteiger charge is 2.12. The van der Waals surface area contributed by atoms with Gasteiger partial charge in [0.05, 0.1) is 5.52 Å². The Bertz CT molecular complexity index is 506. The molecule has 2 heteroatoms. The van der Waals surface area contributed by atoms with Crippen molar-refractivity contribution in [1.29, 1.82) is 0 Å². The van der Waals surface area contributed by atoms with Crippen molar-refractivity contribution in [3.63, 3.8) is 0 Å². The minimum atomic E-state index is 0.475. The van der Waals surface area contributed by atoms with Crippen LogP contribution >= 0.6 is 11.6 Å². The van der Waals surface area contributed by atoms with Crippen molar-refractivity contribution >= 4 is 22.5 Å². The lowest BCUT2D eigenvalue weighted by Crippen LogP contribution is -2.04. The van der Waals surface area contributed by atoms with Crippen LogP contribution in [-0.2, 0) is 0 Å². The minimum absolute atomic E-state index is 0.475. The van der Waals surface area contributed by atoms with Gasteiger partial charge in [0.1, 0.15) is 0 Å². The standard InChI is InChI=1S/C14H16ClN.2C2H6/c1-9(2)10(3)13-8-7-11-12(15)5-4-6-14(11)16-13;2*1-2/h4-10H,1-3H3;2*1-2H3. The van der Waals surface area contributed by atoms with E-state index in [-0.39, 0.29) is 0 Å². The van der Waals surface area contributed by atoms with Crippen molar-refractivity contribution in [2.45, 2.75) is 54.4 Å². The third-order valence-electron chi connectivity index (χ3n) is 3.17. The Balaban J connectivity index is 0.000000829. The fourth-order valence-electron chi connectivity index (χ4n) is 1.73. The molecule has 0 spiro atoms. The van der Waals surface area contributed by atoms with E-state index in [4.69, 9.17) is 11.6 Å². The third kappa shape index (κ3) is 4.79. The number of aromatic nitrogens is 1. The van der Waals surface area contributed by atoms with Gasteiger partial charge in [-0.15, -0.1) is 0 Å². The Labute approximate surface area is 129 Å². The minimum Gasteiger partial charge on any atom is -0.252 e. The molecule has 0 aliphatic carbocycles. The van der Waals surface area contributed by atoms with E-state index >= 15 is 0 Å². The molecule has 1 aromatic carbocycles. The summed E-state index contributed by atoms with van der Waals surface area (Å²) in [7, 11) is 0. The SMILES string of the molecule is CC.CC.CC(C)C(C)c1ccc2c(Cl)cccc2n1. The average Bonchev–Trinajstić information content (AvgIpc) is 2.50. The predicted molar refractivity (Wildman–Crippen MR) is 92.7 cm³/mol. The van der Waals surface area contributed by atoms with Gasteiger partial charge in [-0.2, -0.15) is 0 Å². The quantitative estimate of drug-likeness (QED) is 0.600. The summed E-state index contributed by atoms with van der Waals surface area (Å²) in [6.07, 6.45) is 0. The van der Waals surface area contributed by atoms with Gasteiger partial charge in [0.2, 0.25) is 0 Å². The van der Waals surface area contributed by atoms with Gasteiger partial charge in [-0.25, -0.2) is 0 Å². The Morgan fingerprint density at radius 1 is 0.900 bits per heavy atom. The molecule has 112 valence electrons. The highest BCUT2D eigenvalue weighted by atomic mass is 35.5. The molecule has 2 rings (SSSR count). The van der Waals surface area contributed by atoms with E-state index in [9.17, 15) is 0 Å². The Morgan fingerprint density at radius 3 is 2.05 bits per heavy atom. The maximum atomic E-state index is 6.11. The van der Waals surface area contributed by atoms with Gasteiger partial charge in [-0.05, 0) is 30.2 Å². The average molecular weight is 294 g/mol. The Morgan fingerprint density at radius 2 is 1.50 bits per heavy atom. The summed E-state index contributed by atoms with van der Waals surface area (Å²) in [6, 6.07) is 10.0. The Kier molecular flexibility index (Phi) is 9.24. The molecule has 0 saturated heterocycles. The molecule has 1 nitrogen and oxygen atoms in total. The van der Waals surface area contributed by atoms with E-state index in [0.717, 1.165) is 21.6 Å². The molecule has 1 aromatic heterocycles. The summed E-state index contributed by atoms with van der Waals surface area (Å²) in [5.41, 5.74) is 2.13. The van der Waals surface area contributed by atoms with Crippen molar-refractivity contribution in [2.24, 2.45) is 5.92 Å². The van der Waals surface area contributed by atoms with Gasteiger partial charge in [-0.1, -0.05) is 66.1 Å². The van der Waals surface area contributed by atoms with Gasteiger partial charge >= 0.3 is 0 Å². The summed E-state index contributed by atoms with van der Waals surface area (Å²) in [5, 5.41) is 1.80. The van der Waals surface area contributed by atoms with Crippen LogP contribution in [0.4, 0.5) is 0 Å². The largest absolute Gasteiger partial charge is 0.252 e. The van der Waals surface area contributed by atoms with E-state index < -0.39 is 0 Å². The van der Waals surface area contributed by atoms with Crippen LogP contribution in [0, 0.1) is 5.92 Å². The fraction of sp³-hybridized carbons (Fsp3) is 0.500. The van der Waals surface area contributed by atoms with Crippen LogP contribution < -0.4 is 0 Å². The van der Waals surface area contributed by atoms with Gasteiger partial charge < -0.3 is 0 Å². The first-order valence-corrected chi connectivity index (χ1v) is 8.02. The first-order chi connectivity index (χ1) is 9.59. The van der Waals surface area contributed by atoms with Crippen molar-refractivity contribution < 1.29 is 0 Å². The van der Waals surface area contributed by atoms with Crippen LogP contribution in [0.2, 0.25) is 5.02 Å². The molecule has 1 atom stereocenters. The van der Waals surface area contributed by atoms with Crippen LogP contribution in [0.15, 0.2) is 30.3 Å². The van der Waals surface area contributed by atoms with Crippen LogP contribution in [0.1, 0.15) is 60.1 Å². The van der Waals surface area contributed by atoms with Crippen LogP contribution in [0.5, 0.6) is 0 Å². The first-order valence-electron chi connectivity index (χ1n) is 7.64. The van der Waals surface area contributed by atoms with Crippen molar-refractivity contribution in [3.05, 3.63) is 41.0 Å². The zero-order valence-corrected chi connectivity index (χ0v) is 14.6. The van der Waals surface area contributed by atoms with Crippen LogP contribution in [0.25, 0.3) is 10.9 Å². The van der Waals surface area contributed by atoms with Crippen molar-refractivity contribution in [3.8, 4) is 0 Å². The van der Waals surface area contributed by atoms with Crippen molar-refractivity contribution in [2.75, 3.05) is 0 Å². The highest BCUT2D eigenvalue weighted by molar-refractivity contribution is 6.35. The van der Waals surface area contributed by atoms with E-state index in [1.807, 2.05) is 45.9 Å².